The molecule has 0 bridgehead atoms. The summed E-state index contributed by atoms with van der Waals surface area (Å²) in [6.45, 7) is 5.13. The summed E-state index contributed by atoms with van der Waals surface area (Å²) in [5.74, 6) is 0.578. The summed E-state index contributed by atoms with van der Waals surface area (Å²) in [7, 11) is 0. The molecule has 0 spiro atoms. The molecule has 3 aromatic carbocycles. The third kappa shape index (κ3) is 4.30. The normalized spacial score (nSPS) is 12.8. The van der Waals surface area contributed by atoms with Crippen molar-refractivity contribution in [2.24, 2.45) is 0 Å². The molecule has 3 nitrogen and oxygen atoms in total. The lowest BCUT2D eigenvalue weighted by Crippen LogP contribution is -2.26. The molecule has 152 valence electrons. The minimum absolute atomic E-state index is 0.0810. The van der Waals surface area contributed by atoms with E-state index >= 15 is 0 Å². The zero-order valence-electron chi connectivity index (χ0n) is 17.5. The molecule has 0 saturated heterocycles. The van der Waals surface area contributed by atoms with Crippen LogP contribution in [0.25, 0.3) is 17.2 Å². The Morgan fingerprint density at radius 3 is 2.30 bits per heavy atom. The number of hydrogen-bond acceptors (Lipinski definition) is 2. The van der Waals surface area contributed by atoms with Crippen LogP contribution in [0.1, 0.15) is 47.9 Å². The summed E-state index contributed by atoms with van der Waals surface area (Å²) in [4.78, 5) is 12.2. The van der Waals surface area contributed by atoms with Gasteiger partial charge in [-0.25, -0.2) is 4.79 Å². The smallest absolute Gasteiger partial charge is 0.407 e. The molecule has 1 aliphatic rings. The first kappa shape index (κ1) is 20.0. The van der Waals surface area contributed by atoms with Gasteiger partial charge in [0.25, 0.3) is 0 Å². The van der Waals surface area contributed by atoms with Crippen molar-refractivity contribution in [3.63, 3.8) is 0 Å². The standard InChI is InChI=1S/C27H27NO2/c1-19(2)21-11-7-9-20(17-21)10-8-16-28-27(29)30-18-26-24-14-5-3-12-22(24)23-13-4-6-15-25(23)26/h3-15,17,19,26H,16,18H2,1-2H3,(H,28,29). The second kappa shape index (κ2) is 9.00. The molecule has 3 aromatic rings. The Morgan fingerprint density at radius 2 is 1.63 bits per heavy atom. The molecule has 3 heteroatoms. The van der Waals surface area contributed by atoms with Crippen LogP contribution in [-0.2, 0) is 4.74 Å². The van der Waals surface area contributed by atoms with Gasteiger partial charge in [0.1, 0.15) is 6.61 Å². The van der Waals surface area contributed by atoms with Crippen LogP contribution in [0.15, 0.2) is 78.9 Å². The van der Waals surface area contributed by atoms with E-state index < -0.39 is 6.09 Å². The van der Waals surface area contributed by atoms with Gasteiger partial charge in [-0.1, -0.05) is 98.8 Å². The summed E-state index contributed by atoms with van der Waals surface area (Å²) in [5, 5.41) is 2.81. The predicted molar refractivity (Wildman–Crippen MR) is 123 cm³/mol. The van der Waals surface area contributed by atoms with Crippen LogP contribution in [0.5, 0.6) is 0 Å². The highest BCUT2D eigenvalue weighted by molar-refractivity contribution is 5.79. The average Bonchev–Trinajstić information content (AvgIpc) is 3.09. The first-order chi connectivity index (χ1) is 14.6. The number of hydrogen-bond donors (Lipinski definition) is 1. The van der Waals surface area contributed by atoms with E-state index in [0.29, 0.717) is 19.1 Å². The Kier molecular flexibility index (Phi) is 5.99. The van der Waals surface area contributed by atoms with Gasteiger partial charge in [0.2, 0.25) is 0 Å². The number of amides is 1. The molecule has 0 unspecified atom stereocenters. The second-order valence-corrected chi connectivity index (χ2v) is 7.93. The zero-order valence-corrected chi connectivity index (χ0v) is 17.5. The van der Waals surface area contributed by atoms with Gasteiger partial charge in [-0.05, 0) is 39.3 Å². The molecule has 0 atom stereocenters. The van der Waals surface area contributed by atoms with Crippen molar-refractivity contribution >= 4 is 12.2 Å². The highest BCUT2D eigenvalue weighted by Gasteiger charge is 2.28. The van der Waals surface area contributed by atoms with Gasteiger partial charge in [0.05, 0.1) is 0 Å². The summed E-state index contributed by atoms with van der Waals surface area (Å²) in [6.07, 6.45) is 3.58. The minimum Gasteiger partial charge on any atom is -0.449 e. The van der Waals surface area contributed by atoms with Crippen LogP contribution in [0, 0.1) is 0 Å². The molecule has 0 radical (unpaired) electrons. The Hall–Kier alpha value is -3.33. The van der Waals surface area contributed by atoms with Crippen molar-refractivity contribution in [3.05, 3.63) is 101 Å². The predicted octanol–water partition coefficient (Wildman–Crippen LogP) is 6.36. The topological polar surface area (TPSA) is 38.3 Å². The number of rotatable bonds is 6. The maximum absolute atomic E-state index is 12.2. The van der Waals surface area contributed by atoms with Crippen LogP contribution in [0.2, 0.25) is 0 Å². The molecule has 1 amide bonds. The number of carbonyl (C=O) groups excluding carboxylic acids is 1. The summed E-state index contributed by atoms with van der Waals surface area (Å²) >= 11 is 0. The van der Waals surface area contributed by atoms with Crippen molar-refractivity contribution in [2.75, 3.05) is 13.2 Å². The lowest BCUT2D eigenvalue weighted by atomic mass is 9.98. The first-order valence-corrected chi connectivity index (χ1v) is 10.5. The Bertz CT molecular complexity index is 1020. The van der Waals surface area contributed by atoms with Gasteiger partial charge >= 0.3 is 6.09 Å². The molecule has 0 fully saturated rings. The molecular formula is C27H27NO2. The highest BCUT2D eigenvalue weighted by Crippen LogP contribution is 2.44. The fourth-order valence-corrected chi connectivity index (χ4v) is 4.01. The van der Waals surface area contributed by atoms with Gasteiger partial charge in [-0.3, -0.25) is 0 Å². The Labute approximate surface area is 178 Å². The summed E-state index contributed by atoms with van der Waals surface area (Å²) in [6, 6.07) is 25.1. The van der Waals surface area contributed by atoms with Crippen LogP contribution in [0.4, 0.5) is 4.79 Å². The van der Waals surface area contributed by atoms with Crippen molar-refractivity contribution in [2.45, 2.75) is 25.7 Å². The van der Waals surface area contributed by atoms with E-state index in [4.69, 9.17) is 4.74 Å². The van der Waals surface area contributed by atoms with Gasteiger partial charge < -0.3 is 10.1 Å². The van der Waals surface area contributed by atoms with Crippen molar-refractivity contribution in [1.29, 1.82) is 0 Å². The number of carbonyl (C=O) groups is 1. The summed E-state index contributed by atoms with van der Waals surface area (Å²) < 4.78 is 5.56. The number of alkyl carbamates (subject to hydrolysis) is 1. The number of fused-ring (bicyclic) bond motifs is 3. The van der Waals surface area contributed by atoms with Gasteiger partial charge in [0, 0.05) is 12.5 Å². The lowest BCUT2D eigenvalue weighted by Gasteiger charge is -2.14. The molecule has 0 aromatic heterocycles. The second-order valence-electron chi connectivity index (χ2n) is 7.93. The lowest BCUT2D eigenvalue weighted by molar-refractivity contribution is 0.144. The quantitative estimate of drug-likeness (QED) is 0.525. The van der Waals surface area contributed by atoms with Gasteiger partial charge in [0.15, 0.2) is 0 Å². The molecule has 0 heterocycles. The third-order valence-electron chi connectivity index (χ3n) is 5.60. The van der Waals surface area contributed by atoms with Crippen molar-refractivity contribution < 1.29 is 9.53 Å². The zero-order chi connectivity index (χ0) is 20.9. The molecule has 0 saturated carbocycles. The average molecular weight is 398 g/mol. The first-order valence-electron chi connectivity index (χ1n) is 10.5. The maximum atomic E-state index is 12.2. The number of ether oxygens (including phenoxy) is 1. The van der Waals surface area contributed by atoms with Crippen LogP contribution in [-0.4, -0.2) is 19.2 Å². The van der Waals surface area contributed by atoms with E-state index in [1.54, 1.807) is 0 Å². The Morgan fingerprint density at radius 1 is 0.967 bits per heavy atom. The fourth-order valence-electron chi connectivity index (χ4n) is 4.01. The monoisotopic (exact) mass is 397 g/mol. The number of benzene rings is 3. The van der Waals surface area contributed by atoms with E-state index in [1.807, 2.05) is 24.3 Å². The maximum Gasteiger partial charge on any atom is 0.407 e. The molecule has 1 aliphatic carbocycles. The molecule has 4 rings (SSSR count). The summed E-state index contributed by atoms with van der Waals surface area (Å²) in [5.41, 5.74) is 7.34. The van der Waals surface area contributed by atoms with Crippen LogP contribution in [0.3, 0.4) is 0 Å². The van der Waals surface area contributed by atoms with Crippen LogP contribution >= 0.6 is 0 Å². The molecule has 0 aliphatic heterocycles. The molecule has 1 N–H and O–H groups in total. The minimum atomic E-state index is -0.391. The third-order valence-corrected chi connectivity index (χ3v) is 5.60. The number of nitrogens with one attached hydrogen (secondary N) is 1. The van der Waals surface area contributed by atoms with Gasteiger partial charge in [-0.15, -0.1) is 0 Å². The van der Waals surface area contributed by atoms with Gasteiger partial charge in [-0.2, -0.15) is 0 Å². The largest absolute Gasteiger partial charge is 0.449 e. The highest BCUT2D eigenvalue weighted by atomic mass is 16.5. The van der Waals surface area contributed by atoms with E-state index in [2.05, 4.69) is 79.8 Å². The fraction of sp³-hybridized carbons (Fsp3) is 0.222. The van der Waals surface area contributed by atoms with E-state index in [9.17, 15) is 4.79 Å². The van der Waals surface area contributed by atoms with E-state index in [1.165, 1.54) is 27.8 Å². The van der Waals surface area contributed by atoms with E-state index in [0.717, 1.165) is 5.56 Å². The van der Waals surface area contributed by atoms with Crippen molar-refractivity contribution in [3.8, 4) is 11.1 Å². The Balaban J connectivity index is 1.32. The SMILES string of the molecule is CC(C)c1cccc(C=CCNC(=O)OCC2c3ccccc3-c3ccccc32)c1. The molecule has 30 heavy (non-hydrogen) atoms. The molecular weight excluding hydrogens is 370 g/mol. The van der Waals surface area contributed by atoms with Crippen molar-refractivity contribution in [1.82, 2.24) is 5.32 Å². The van der Waals surface area contributed by atoms with Crippen LogP contribution < -0.4 is 5.32 Å². The van der Waals surface area contributed by atoms with E-state index in [-0.39, 0.29) is 5.92 Å².